The van der Waals surface area contributed by atoms with Gasteiger partial charge in [0.2, 0.25) is 0 Å². The summed E-state index contributed by atoms with van der Waals surface area (Å²) in [6.07, 6.45) is 16.2. The molecule has 0 spiro atoms. The van der Waals surface area contributed by atoms with Crippen molar-refractivity contribution >= 4 is 15.7 Å². The molecular formula is C16H16ClHf. The molecule has 0 atom stereocenters. The first kappa shape index (κ1) is 13.8. The Bertz CT molecular complexity index is 493. The molecule has 18 heavy (non-hydrogen) atoms. The van der Waals surface area contributed by atoms with Gasteiger partial charge in [0.05, 0.1) is 0 Å². The zero-order chi connectivity index (χ0) is 11.5. The maximum atomic E-state index is 2.37. The Hall–Kier alpha value is -0.660. The van der Waals surface area contributed by atoms with E-state index in [4.69, 9.17) is 0 Å². The van der Waals surface area contributed by atoms with Crippen LogP contribution in [0.25, 0.3) is 0 Å². The standard InChI is InChI=1S/C6H5.2C5H5.ClH.Hf/c1-2-4-6-5-3-1;2*1-2-4-5-3-1;;/h1-5H;2*1-3H,4H2;1H;. The summed E-state index contributed by atoms with van der Waals surface area (Å²) < 4.78 is 5.09. The van der Waals surface area contributed by atoms with Gasteiger partial charge in [-0.15, -0.1) is 12.4 Å². The molecule has 0 radical (unpaired) electrons. The molecule has 2 aliphatic rings. The van der Waals surface area contributed by atoms with E-state index in [2.05, 4.69) is 66.8 Å². The molecule has 0 aliphatic heterocycles. The van der Waals surface area contributed by atoms with Crippen LogP contribution in [-0.4, -0.2) is 0 Å². The van der Waals surface area contributed by atoms with E-state index < -0.39 is 21.4 Å². The zero-order valence-corrected chi connectivity index (χ0v) is 14.6. The van der Waals surface area contributed by atoms with Crippen LogP contribution in [0.5, 0.6) is 0 Å². The van der Waals surface area contributed by atoms with Crippen molar-refractivity contribution in [2.45, 2.75) is 12.8 Å². The van der Waals surface area contributed by atoms with Crippen LogP contribution < -0.4 is 3.32 Å². The normalized spacial score (nSPS) is 16.2. The third-order valence-electron chi connectivity index (χ3n) is 3.25. The van der Waals surface area contributed by atoms with Gasteiger partial charge >= 0.3 is 111 Å². The SMILES string of the molecule is C1=CC[C]([Hf]([C]2=CC=CC2)[c]2ccccc2)=C1.Cl. The smallest absolute Gasteiger partial charge is 0.147 e. The van der Waals surface area contributed by atoms with Gasteiger partial charge in [0.15, 0.2) is 0 Å². The van der Waals surface area contributed by atoms with Crippen molar-refractivity contribution in [2.75, 3.05) is 0 Å². The van der Waals surface area contributed by atoms with E-state index in [-0.39, 0.29) is 12.4 Å². The van der Waals surface area contributed by atoms with E-state index in [0.29, 0.717) is 0 Å². The van der Waals surface area contributed by atoms with Crippen molar-refractivity contribution < 1.29 is 21.4 Å². The van der Waals surface area contributed by atoms with Crippen molar-refractivity contribution in [1.29, 1.82) is 0 Å². The van der Waals surface area contributed by atoms with Crippen LogP contribution in [-0.2, 0) is 21.4 Å². The number of hydrogen-bond acceptors (Lipinski definition) is 0. The van der Waals surface area contributed by atoms with Gasteiger partial charge in [-0.3, -0.25) is 0 Å². The molecule has 0 saturated carbocycles. The summed E-state index contributed by atoms with van der Waals surface area (Å²) in [5, 5.41) is 0. The second-order valence-corrected chi connectivity index (χ2v) is 13.8. The fraction of sp³-hybridized carbons (Fsp3) is 0.125. The molecule has 0 bridgehead atoms. The van der Waals surface area contributed by atoms with E-state index in [0.717, 1.165) is 0 Å². The van der Waals surface area contributed by atoms with Gasteiger partial charge in [-0.25, -0.2) is 0 Å². The summed E-state index contributed by atoms with van der Waals surface area (Å²) in [4.78, 5) is 0. The van der Waals surface area contributed by atoms with Crippen LogP contribution in [0.1, 0.15) is 12.8 Å². The predicted octanol–water partition coefficient (Wildman–Crippen LogP) is 4.04. The van der Waals surface area contributed by atoms with Crippen molar-refractivity contribution in [3.8, 4) is 0 Å². The van der Waals surface area contributed by atoms with Crippen LogP contribution >= 0.6 is 12.4 Å². The molecule has 91 valence electrons. The van der Waals surface area contributed by atoms with E-state index in [1.165, 1.54) is 12.8 Å². The molecule has 1 aromatic rings. The Morgan fingerprint density at radius 1 is 0.778 bits per heavy atom. The molecule has 1 aromatic carbocycles. The first-order valence-electron chi connectivity index (χ1n) is 6.09. The molecule has 2 aliphatic carbocycles. The zero-order valence-electron chi connectivity index (χ0n) is 10.2. The summed E-state index contributed by atoms with van der Waals surface area (Å²) >= 11 is -1.94. The van der Waals surface area contributed by atoms with E-state index >= 15 is 0 Å². The molecule has 0 heterocycles. The van der Waals surface area contributed by atoms with Crippen LogP contribution in [0.3, 0.4) is 0 Å². The van der Waals surface area contributed by atoms with Gasteiger partial charge in [0, 0.05) is 0 Å². The van der Waals surface area contributed by atoms with Gasteiger partial charge in [-0.2, -0.15) is 0 Å². The summed E-state index contributed by atoms with van der Waals surface area (Å²) in [6, 6.07) is 11.2. The van der Waals surface area contributed by atoms with Gasteiger partial charge in [0.1, 0.15) is 0 Å². The van der Waals surface area contributed by atoms with E-state index in [1.807, 2.05) is 0 Å². The second kappa shape index (κ2) is 6.49. The number of rotatable bonds is 3. The summed E-state index contributed by atoms with van der Waals surface area (Å²) in [5.41, 5.74) is 0. The molecule has 3 rings (SSSR count). The van der Waals surface area contributed by atoms with Crippen molar-refractivity contribution in [2.24, 2.45) is 0 Å². The summed E-state index contributed by atoms with van der Waals surface area (Å²) in [6.45, 7) is 0. The minimum absolute atomic E-state index is 0. The third kappa shape index (κ3) is 2.84. The Labute approximate surface area is 123 Å². The molecular weight excluding hydrogens is 406 g/mol. The second-order valence-electron chi connectivity index (χ2n) is 4.39. The van der Waals surface area contributed by atoms with Crippen LogP contribution in [0, 0.1) is 0 Å². The van der Waals surface area contributed by atoms with Crippen LogP contribution in [0.2, 0.25) is 0 Å². The Morgan fingerprint density at radius 3 is 1.78 bits per heavy atom. The monoisotopic (exact) mass is 423 g/mol. The first-order valence-corrected chi connectivity index (χ1v) is 11.5. The van der Waals surface area contributed by atoms with Crippen molar-refractivity contribution in [3.63, 3.8) is 0 Å². The number of allylic oxidation sites excluding steroid dienone is 8. The largest absolute Gasteiger partial charge is 0.147 e. The molecule has 2 heteroatoms. The minimum Gasteiger partial charge on any atom is -0.147 e. The van der Waals surface area contributed by atoms with E-state index in [9.17, 15) is 0 Å². The van der Waals surface area contributed by atoms with Gasteiger partial charge in [-0.05, 0) is 0 Å². The average Bonchev–Trinajstić information content (AvgIpc) is 3.04. The van der Waals surface area contributed by atoms with Crippen molar-refractivity contribution in [3.05, 3.63) is 73.4 Å². The molecule has 0 fully saturated rings. The maximum Gasteiger partial charge on any atom is -0.147 e. The van der Waals surface area contributed by atoms with Gasteiger partial charge in [-0.1, -0.05) is 0 Å². The minimum atomic E-state index is -1.94. The Kier molecular flexibility index (Phi) is 4.96. The van der Waals surface area contributed by atoms with Crippen LogP contribution in [0.15, 0.2) is 73.4 Å². The van der Waals surface area contributed by atoms with Gasteiger partial charge in [0.25, 0.3) is 0 Å². The molecule has 0 nitrogen and oxygen atoms in total. The molecule has 0 saturated heterocycles. The van der Waals surface area contributed by atoms with Gasteiger partial charge < -0.3 is 0 Å². The Morgan fingerprint density at radius 2 is 1.33 bits per heavy atom. The topological polar surface area (TPSA) is 0 Å². The summed E-state index contributed by atoms with van der Waals surface area (Å²) in [5.74, 6) is 0. The molecule has 0 N–H and O–H groups in total. The number of halogens is 1. The number of benzene rings is 1. The fourth-order valence-electron chi connectivity index (χ4n) is 2.45. The fourth-order valence-corrected chi connectivity index (χ4v) is 12.7. The summed E-state index contributed by atoms with van der Waals surface area (Å²) in [7, 11) is 0. The van der Waals surface area contributed by atoms with E-state index in [1.54, 1.807) is 9.98 Å². The average molecular weight is 422 g/mol. The quantitative estimate of drug-likeness (QED) is 0.646. The van der Waals surface area contributed by atoms with Crippen molar-refractivity contribution in [1.82, 2.24) is 0 Å². The molecule has 0 amide bonds. The number of hydrogen-bond donors (Lipinski definition) is 0. The predicted molar refractivity (Wildman–Crippen MR) is 77.0 cm³/mol. The molecule has 0 aromatic heterocycles. The first-order chi connectivity index (χ1) is 8.45. The van der Waals surface area contributed by atoms with Crippen LogP contribution in [0.4, 0.5) is 0 Å². The Balaban J connectivity index is 0.00000120. The third-order valence-corrected chi connectivity index (χ3v) is 13.8. The maximum absolute atomic E-state index is 2.37. The molecule has 0 unspecified atom stereocenters.